The minimum atomic E-state index is -5.17. The van der Waals surface area contributed by atoms with Crippen molar-refractivity contribution >= 4 is 20.8 Å². The fourth-order valence-corrected chi connectivity index (χ4v) is 0. The zero-order chi connectivity index (χ0) is 9.00. The second-order valence-corrected chi connectivity index (χ2v) is 2.45. The van der Waals surface area contributed by atoms with Crippen LogP contribution in [0.5, 0.6) is 0 Å². The Balaban J connectivity index is -0.0000000457. The second kappa shape index (κ2) is 7.85. The SMILES string of the molecule is O=S(=O)([O-])[O-].O=S(=O)([O-])[O-].[Mn+2].[OH4+2]. The van der Waals surface area contributed by atoms with Gasteiger partial charge < -0.3 is 23.7 Å². The van der Waals surface area contributed by atoms with Crippen LogP contribution < -0.4 is 0 Å². The van der Waals surface area contributed by atoms with Gasteiger partial charge in [0, 0.05) is 20.8 Å². The van der Waals surface area contributed by atoms with E-state index in [4.69, 9.17) is 35.0 Å². The van der Waals surface area contributed by atoms with Crippen LogP contribution in [0.3, 0.4) is 0 Å². The van der Waals surface area contributed by atoms with E-state index in [1.165, 1.54) is 0 Å². The summed E-state index contributed by atoms with van der Waals surface area (Å²) in [6, 6.07) is 0. The Labute approximate surface area is 78.7 Å². The summed E-state index contributed by atoms with van der Waals surface area (Å²) >= 11 is 0. The second-order valence-electron chi connectivity index (χ2n) is 0.816. The first-order chi connectivity index (χ1) is 4.00. The van der Waals surface area contributed by atoms with Gasteiger partial charge >= 0.3 is 17.1 Å². The van der Waals surface area contributed by atoms with Crippen LogP contribution in [0, 0.1) is 0 Å². The van der Waals surface area contributed by atoms with Crippen LogP contribution in [0.15, 0.2) is 0 Å². The number of hydrogen-bond acceptors (Lipinski definition) is 8. The van der Waals surface area contributed by atoms with Crippen molar-refractivity contribution in [3.63, 3.8) is 0 Å². The molecule has 0 aromatic carbocycles. The van der Waals surface area contributed by atoms with Gasteiger partial charge in [0.15, 0.2) is 0 Å². The summed E-state index contributed by atoms with van der Waals surface area (Å²) in [5.41, 5.74) is 0. The molecule has 0 rings (SSSR count). The molecule has 0 aliphatic heterocycles. The Kier molecular flexibility index (Phi) is 14.9. The van der Waals surface area contributed by atoms with Crippen molar-refractivity contribution in [2.75, 3.05) is 0 Å². The molecule has 0 bridgehead atoms. The molecular formula is H4MnO9S2. The fourth-order valence-electron chi connectivity index (χ4n) is 0. The zero-order valence-electron chi connectivity index (χ0n) is 5.17. The molecule has 0 unspecified atom stereocenters. The molecule has 12 heavy (non-hydrogen) atoms. The van der Waals surface area contributed by atoms with Gasteiger partial charge in [-0.2, -0.15) is 0 Å². The maximum Gasteiger partial charge on any atom is 2.00 e. The average Bonchev–Trinajstić information content (AvgIpc) is 1.12. The summed E-state index contributed by atoms with van der Waals surface area (Å²) in [6.45, 7) is 0. The number of rotatable bonds is 0. The molecule has 0 aliphatic rings. The third kappa shape index (κ3) is 18000. The van der Waals surface area contributed by atoms with Gasteiger partial charge in [0.1, 0.15) is 0 Å². The zero-order valence-corrected chi connectivity index (χ0v) is 7.98. The van der Waals surface area contributed by atoms with Crippen LogP contribution in [0.4, 0.5) is 0 Å². The summed E-state index contributed by atoms with van der Waals surface area (Å²) in [6.07, 6.45) is 0. The Hall–Kier alpha value is 0.219. The van der Waals surface area contributed by atoms with Crippen molar-refractivity contribution in [2.45, 2.75) is 0 Å². The fraction of sp³-hybridized carbons (Fsp3) is 0. The van der Waals surface area contributed by atoms with Gasteiger partial charge in [-0.25, -0.2) is 0 Å². The summed E-state index contributed by atoms with van der Waals surface area (Å²) in [5, 5.41) is 0. The van der Waals surface area contributed by atoms with Crippen LogP contribution >= 0.6 is 0 Å². The van der Waals surface area contributed by atoms with Gasteiger partial charge in [0.2, 0.25) is 0 Å². The third-order valence-corrected chi connectivity index (χ3v) is 0. The van der Waals surface area contributed by atoms with Crippen LogP contribution in [0.2, 0.25) is 0 Å². The molecule has 4 N–H and O–H groups in total. The van der Waals surface area contributed by atoms with Crippen LogP contribution in [0.25, 0.3) is 0 Å². The molecule has 9 nitrogen and oxygen atoms in total. The maximum atomic E-state index is 8.52. The molecule has 0 aromatic rings. The maximum absolute atomic E-state index is 8.52. The quantitative estimate of drug-likeness (QED) is 0.241. The first-order valence-electron chi connectivity index (χ1n) is 1.33. The molecule has 0 aliphatic carbocycles. The van der Waals surface area contributed by atoms with E-state index in [1.54, 1.807) is 0 Å². The molecule has 77 valence electrons. The molecule has 0 spiro atoms. The van der Waals surface area contributed by atoms with E-state index >= 15 is 0 Å². The summed E-state index contributed by atoms with van der Waals surface area (Å²) in [5.74, 6) is 0. The molecule has 0 saturated carbocycles. The molecule has 1 radical (unpaired) electrons. The van der Waals surface area contributed by atoms with E-state index in [9.17, 15) is 0 Å². The molecule has 12 heteroatoms. The van der Waals surface area contributed by atoms with Crippen molar-refractivity contribution in [1.82, 2.24) is 0 Å². The first kappa shape index (κ1) is 22.8. The largest absolute Gasteiger partial charge is 2.00 e. The van der Waals surface area contributed by atoms with Crippen LogP contribution in [-0.4, -0.2) is 35.0 Å². The summed E-state index contributed by atoms with van der Waals surface area (Å²) in [7, 11) is -10.3. The number of hydrogen-bond donors (Lipinski definition) is 0. The van der Waals surface area contributed by atoms with E-state index in [-0.39, 0.29) is 22.5 Å². The molecule has 0 heterocycles. The minimum Gasteiger partial charge on any atom is -0.873 e. The Morgan fingerprint density at radius 1 is 0.667 bits per heavy atom. The van der Waals surface area contributed by atoms with Crippen molar-refractivity contribution in [3.8, 4) is 0 Å². The normalized spacial score (nSPS) is 9.67. The summed E-state index contributed by atoms with van der Waals surface area (Å²) < 4.78 is 68.2. The average molecular weight is 267 g/mol. The van der Waals surface area contributed by atoms with E-state index in [1.807, 2.05) is 0 Å². The third-order valence-electron chi connectivity index (χ3n) is 0. The van der Waals surface area contributed by atoms with Gasteiger partial charge in [-0.1, -0.05) is 0 Å². The molecule has 0 fully saturated rings. The Morgan fingerprint density at radius 3 is 0.667 bits per heavy atom. The molecule has 0 amide bonds. The first-order valence-corrected chi connectivity index (χ1v) is 4.00. The van der Waals surface area contributed by atoms with Gasteiger partial charge in [0.25, 0.3) is 0 Å². The van der Waals surface area contributed by atoms with Crippen molar-refractivity contribution < 1.29 is 57.6 Å². The van der Waals surface area contributed by atoms with Crippen molar-refractivity contribution in [2.24, 2.45) is 0 Å². The van der Waals surface area contributed by atoms with Gasteiger partial charge in [-0.05, 0) is 0 Å². The predicted molar refractivity (Wildman–Crippen MR) is 27.2 cm³/mol. The predicted octanol–water partition coefficient (Wildman–Crippen LogP) is -3.87. The standard InChI is InChI=1S/Mn.2H2O4S.H4O/c;2*1-5(2,3)4;/h;2*(H2,1,2,3,4);1H4/q+2;;;+2/p-4. The van der Waals surface area contributed by atoms with E-state index in [0.717, 1.165) is 0 Å². The van der Waals surface area contributed by atoms with Crippen LogP contribution in [0.1, 0.15) is 0 Å². The van der Waals surface area contributed by atoms with Gasteiger partial charge in [0.05, 0.1) is 0 Å². The Bertz CT molecular complexity index is 209. The van der Waals surface area contributed by atoms with Crippen molar-refractivity contribution in [3.05, 3.63) is 0 Å². The van der Waals surface area contributed by atoms with Gasteiger partial charge in [-0.3, -0.25) is 16.8 Å². The summed E-state index contributed by atoms with van der Waals surface area (Å²) in [4.78, 5) is 0. The molecule has 0 aromatic heterocycles. The van der Waals surface area contributed by atoms with Crippen molar-refractivity contribution in [1.29, 1.82) is 0 Å². The molecular weight excluding hydrogens is 263 g/mol. The van der Waals surface area contributed by atoms with E-state index in [2.05, 4.69) is 0 Å². The van der Waals surface area contributed by atoms with E-state index in [0.29, 0.717) is 0 Å². The smallest absolute Gasteiger partial charge is 0.873 e. The minimum absolute atomic E-state index is 0. The van der Waals surface area contributed by atoms with Crippen LogP contribution in [-0.2, 0) is 43.3 Å². The van der Waals surface area contributed by atoms with E-state index < -0.39 is 20.8 Å². The Morgan fingerprint density at radius 2 is 0.667 bits per heavy atom. The molecule has 0 saturated heterocycles. The molecule has 0 atom stereocenters. The topological polar surface area (TPSA) is 195 Å². The monoisotopic (exact) mass is 267 g/mol. The van der Waals surface area contributed by atoms with Gasteiger partial charge in [-0.15, -0.1) is 0 Å².